The van der Waals surface area contributed by atoms with Crippen molar-refractivity contribution in [3.05, 3.63) is 48.0 Å². The van der Waals surface area contributed by atoms with E-state index < -0.39 is 0 Å². The highest BCUT2D eigenvalue weighted by molar-refractivity contribution is 5.78. The van der Waals surface area contributed by atoms with Crippen molar-refractivity contribution in [2.45, 2.75) is 13.8 Å². The second-order valence-electron chi connectivity index (χ2n) is 6.52. The van der Waals surface area contributed by atoms with E-state index in [1.165, 1.54) is 11.3 Å². The van der Waals surface area contributed by atoms with Gasteiger partial charge in [0.1, 0.15) is 0 Å². The van der Waals surface area contributed by atoms with E-state index in [4.69, 9.17) is 4.74 Å². The molecule has 0 spiro atoms. The van der Waals surface area contributed by atoms with Gasteiger partial charge >= 0.3 is 0 Å². The van der Waals surface area contributed by atoms with Gasteiger partial charge in [0.25, 0.3) is 0 Å². The third-order valence-electron chi connectivity index (χ3n) is 3.95. The maximum atomic E-state index is 6.07. The van der Waals surface area contributed by atoms with E-state index in [1.54, 1.807) is 0 Å². The fraction of sp³-hybridized carbons (Fsp3) is 0.368. The molecule has 0 aliphatic carbocycles. The Morgan fingerprint density at radius 1 is 1.05 bits per heavy atom. The predicted octanol–water partition coefficient (Wildman–Crippen LogP) is 4.44. The summed E-state index contributed by atoms with van der Waals surface area (Å²) in [5.74, 6) is 2.45. The van der Waals surface area contributed by atoms with Crippen LogP contribution in [0.5, 0.6) is 11.5 Å². The Kier molecular flexibility index (Phi) is 4.08. The summed E-state index contributed by atoms with van der Waals surface area (Å²) in [4.78, 5) is 4.64. The zero-order valence-corrected chi connectivity index (χ0v) is 13.8. The number of anilines is 2. The minimum Gasteiger partial charge on any atom is -0.453 e. The van der Waals surface area contributed by atoms with Gasteiger partial charge in [-0.3, -0.25) is 0 Å². The van der Waals surface area contributed by atoms with Crippen LogP contribution in [-0.2, 0) is 0 Å². The number of benzene rings is 2. The second-order valence-corrected chi connectivity index (χ2v) is 6.52. The standard InChI is InChI=1S/C19H24N2O/c1-14-9-10-19-17(11-14)21(13-15(2)12-20(3)4)16-7-5-6-8-18(16)22-19/h5-11,15H,12-13H2,1-4H3. The summed E-state index contributed by atoms with van der Waals surface area (Å²) < 4.78 is 6.07. The van der Waals surface area contributed by atoms with Crippen molar-refractivity contribution in [1.82, 2.24) is 4.90 Å². The number of hydrogen-bond acceptors (Lipinski definition) is 3. The number of para-hydroxylation sites is 2. The van der Waals surface area contributed by atoms with Crippen LogP contribution < -0.4 is 9.64 Å². The maximum Gasteiger partial charge on any atom is 0.151 e. The Hall–Kier alpha value is -2.00. The first-order valence-electron chi connectivity index (χ1n) is 7.84. The summed E-state index contributed by atoms with van der Waals surface area (Å²) in [7, 11) is 4.25. The lowest BCUT2D eigenvalue weighted by Crippen LogP contribution is -2.31. The van der Waals surface area contributed by atoms with E-state index in [0.717, 1.165) is 30.3 Å². The van der Waals surface area contributed by atoms with Crippen LogP contribution in [0.4, 0.5) is 11.4 Å². The number of nitrogens with zero attached hydrogens (tertiary/aromatic N) is 2. The molecule has 3 nitrogen and oxygen atoms in total. The fourth-order valence-electron chi connectivity index (χ4n) is 3.13. The molecular formula is C19H24N2O. The molecular weight excluding hydrogens is 272 g/mol. The van der Waals surface area contributed by atoms with Crippen molar-refractivity contribution in [3.63, 3.8) is 0 Å². The fourth-order valence-corrected chi connectivity index (χ4v) is 3.13. The smallest absolute Gasteiger partial charge is 0.151 e. The van der Waals surface area contributed by atoms with Gasteiger partial charge < -0.3 is 14.5 Å². The van der Waals surface area contributed by atoms with Crippen LogP contribution in [0.15, 0.2) is 42.5 Å². The van der Waals surface area contributed by atoms with E-state index >= 15 is 0 Å². The van der Waals surface area contributed by atoms with Gasteiger partial charge in [-0.15, -0.1) is 0 Å². The molecule has 116 valence electrons. The number of fused-ring (bicyclic) bond motifs is 2. The number of hydrogen-bond donors (Lipinski definition) is 0. The quantitative estimate of drug-likeness (QED) is 0.829. The molecule has 2 aromatic rings. The molecule has 0 aromatic heterocycles. The lowest BCUT2D eigenvalue weighted by molar-refractivity contribution is 0.341. The van der Waals surface area contributed by atoms with Crippen LogP contribution in [0, 0.1) is 12.8 Å². The molecule has 0 amide bonds. The van der Waals surface area contributed by atoms with Crippen LogP contribution >= 0.6 is 0 Å². The van der Waals surface area contributed by atoms with Gasteiger partial charge in [0.2, 0.25) is 0 Å². The monoisotopic (exact) mass is 296 g/mol. The van der Waals surface area contributed by atoms with E-state index in [-0.39, 0.29) is 0 Å². The van der Waals surface area contributed by atoms with Gasteiger partial charge in [-0.1, -0.05) is 25.1 Å². The first-order valence-corrected chi connectivity index (χ1v) is 7.84. The van der Waals surface area contributed by atoms with Gasteiger partial charge in [0.15, 0.2) is 11.5 Å². The molecule has 3 rings (SSSR count). The highest BCUT2D eigenvalue weighted by Gasteiger charge is 2.25. The molecule has 1 unspecified atom stereocenters. The SMILES string of the molecule is Cc1ccc2c(c1)N(CC(C)CN(C)C)c1ccccc1O2. The Labute approximate surface area is 133 Å². The molecule has 0 fully saturated rings. The summed E-state index contributed by atoms with van der Waals surface area (Å²) in [5, 5.41) is 0. The minimum atomic E-state index is 0.564. The molecule has 0 saturated carbocycles. The highest BCUT2D eigenvalue weighted by atomic mass is 16.5. The zero-order chi connectivity index (χ0) is 15.7. The number of ether oxygens (including phenoxy) is 1. The van der Waals surface area contributed by atoms with E-state index in [0.29, 0.717) is 5.92 Å². The first kappa shape index (κ1) is 14.9. The van der Waals surface area contributed by atoms with Gasteiger partial charge in [-0.05, 0) is 56.8 Å². The van der Waals surface area contributed by atoms with E-state index in [9.17, 15) is 0 Å². The molecule has 0 radical (unpaired) electrons. The van der Waals surface area contributed by atoms with Crippen LogP contribution in [0.3, 0.4) is 0 Å². The molecule has 1 aliphatic rings. The summed E-state index contributed by atoms with van der Waals surface area (Å²) in [6.45, 7) is 6.48. The summed E-state index contributed by atoms with van der Waals surface area (Å²) in [5.41, 5.74) is 3.59. The average molecular weight is 296 g/mol. The van der Waals surface area contributed by atoms with Crippen LogP contribution in [-0.4, -0.2) is 32.1 Å². The molecule has 0 saturated heterocycles. The van der Waals surface area contributed by atoms with Gasteiger partial charge in [0.05, 0.1) is 11.4 Å². The highest BCUT2D eigenvalue weighted by Crippen LogP contribution is 2.46. The lowest BCUT2D eigenvalue weighted by atomic mass is 10.1. The Bertz CT molecular complexity index is 666. The second kappa shape index (κ2) is 6.01. The van der Waals surface area contributed by atoms with E-state index in [2.05, 4.69) is 68.1 Å². The normalized spacial score (nSPS) is 14.3. The number of rotatable bonds is 4. The molecule has 1 heterocycles. The van der Waals surface area contributed by atoms with E-state index in [1.807, 2.05) is 12.1 Å². The topological polar surface area (TPSA) is 15.7 Å². The van der Waals surface area contributed by atoms with Crippen molar-refractivity contribution >= 4 is 11.4 Å². The molecule has 2 aromatic carbocycles. The third-order valence-corrected chi connectivity index (χ3v) is 3.95. The van der Waals surface area contributed by atoms with Crippen molar-refractivity contribution in [1.29, 1.82) is 0 Å². The van der Waals surface area contributed by atoms with Crippen molar-refractivity contribution < 1.29 is 4.74 Å². The van der Waals surface area contributed by atoms with Crippen LogP contribution in [0.25, 0.3) is 0 Å². The summed E-state index contributed by atoms with van der Waals surface area (Å²) in [6.07, 6.45) is 0. The largest absolute Gasteiger partial charge is 0.453 e. The molecule has 0 N–H and O–H groups in total. The molecule has 3 heteroatoms. The molecule has 0 bridgehead atoms. The average Bonchev–Trinajstić information content (AvgIpc) is 2.47. The lowest BCUT2D eigenvalue weighted by Gasteiger charge is -2.35. The Balaban J connectivity index is 1.98. The van der Waals surface area contributed by atoms with Crippen molar-refractivity contribution in [3.8, 4) is 11.5 Å². The van der Waals surface area contributed by atoms with Crippen LogP contribution in [0.2, 0.25) is 0 Å². The molecule has 1 aliphatic heterocycles. The van der Waals surface area contributed by atoms with Gasteiger partial charge in [-0.25, -0.2) is 0 Å². The predicted molar refractivity (Wildman–Crippen MR) is 92.4 cm³/mol. The first-order chi connectivity index (χ1) is 10.5. The molecule has 22 heavy (non-hydrogen) atoms. The zero-order valence-electron chi connectivity index (χ0n) is 13.8. The summed E-state index contributed by atoms with van der Waals surface area (Å²) in [6, 6.07) is 14.7. The Morgan fingerprint density at radius 3 is 2.55 bits per heavy atom. The van der Waals surface area contributed by atoms with Crippen molar-refractivity contribution in [2.75, 3.05) is 32.1 Å². The summed E-state index contributed by atoms with van der Waals surface area (Å²) >= 11 is 0. The van der Waals surface area contributed by atoms with Crippen LogP contribution in [0.1, 0.15) is 12.5 Å². The Morgan fingerprint density at radius 2 is 1.77 bits per heavy atom. The maximum absolute atomic E-state index is 6.07. The third kappa shape index (κ3) is 2.95. The van der Waals surface area contributed by atoms with Gasteiger partial charge in [0, 0.05) is 13.1 Å². The van der Waals surface area contributed by atoms with Crippen molar-refractivity contribution in [2.24, 2.45) is 5.92 Å². The van der Waals surface area contributed by atoms with Gasteiger partial charge in [-0.2, -0.15) is 0 Å². The molecule has 1 atom stereocenters. The number of aryl methyl sites for hydroxylation is 1. The minimum absolute atomic E-state index is 0.564.